The van der Waals surface area contributed by atoms with Crippen molar-refractivity contribution < 1.29 is 14.6 Å². The second kappa shape index (κ2) is 8.70. The third-order valence-electron chi connectivity index (χ3n) is 2.61. The third kappa shape index (κ3) is 7.73. The molecular weight excluding hydrogens is 290 g/mol. The predicted octanol–water partition coefficient (Wildman–Crippen LogP) is 2.84. The number of ether oxygens (including phenoxy) is 1. The Labute approximate surface area is 132 Å². The first kappa shape index (κ1) is 19.5. The Morgan fingerprint density at radius 1 is 1.38 bits per heavy atom. The van der Waals surface area contributed by atoms with E-state index in [1.54, 1.807) is 30.3 Å². The Morgan fingerprint density at radius 2 is 1.95 bits per heavy atom. The third-order valence-corrected chi connectivity index (χ3v) is 2.61. The summed E-state index contributed by atoms with van der Waals surface area (Å²) in [6.45, 7) is 9.73. The van der Waals surface area contributed by atoms with Gasteiger partial charge in [0.2, 0.25) is 0 Å². The number of carbonyl (C=O) groups excluding carboxylic acids is 1. The lowest BCUT2D eigenvalue weighted by atomic mass is 10.0. The summed E-state index contributed by atoms with van der Waals surface area (Å²) in [4.78, 5) is 12.1. The molecule has 2 N–H and O–H groups in total. The SMILES string of the molecule is C=CCOC(=O)[C@H](Cc1ccc(O)cc1)NC(C)(C)C.Cl. The van der Waals surface area contributed by atoms with E-state index in [-0.39, 0.29) is 36.3 Å². The fraction of sp³-hybridized carbons (Fsp3) is 0.438. The maximum Gasteiger partial charge on any atom is 0.323 e. The fourth-order valence-electron chi connectivity index (χ4n) is 1.83. The van der Waals surface area contributed by atoms with Gasteiger partial charge in [0.25, 0.3) is 0 Å². The van der Waals surface area contributed by atoms with Crippen molar-refractivity contribution in [2.45, 2.75) is 38.8 Å². The molecule has 5 heteroatoms. The topological polar surface area (TPSA) is 58.6 Å². The molecule has 0 aromatic heterocycles. The van der Waals surface area contributed by atoms with Crippen molar-refractivity contribution in [3.63, 3.8) is 0 Å². The van der Waals surface area contributed by atoms with Gasteiger partial charge in [-0.05, 0) is 44.9 Å². The van der Waals surface area contributed by atoms with Gasteiger partial charge in [-0.2, -0.15) is 0 Å². The number of benzene rings is 1. The number of carbonyl (C=O) groups is 1. The lowest BCUT2D eigenvalue weighted by Crippen LogP contribution is -2.49. The highest BCUT2D eigenvalue weighted by molar-refractivity contribution is 5.85. The molecule has 0 heterocycles. The van der Waals surface area contributed by atoms with Crippen molar-refractivity contribution in [1.82, 2.24) is 5.32 Å². The van der Waals surface area contributed by atoms with E-state index < -0.39 is 6.04 Å². The molecule has 21 heavy (non-hydrogen) atoms. The summed E-state index contributed by atoms with van der Waals surface area (Å²) in [5.41, 5.74) is 0.759. The van der Waals surface area contributed by atoms with Crippen LogP contribution in [0, 0.1) is 0 Å². The molecule has 0 saturated carbocycles. The van der Waals surface area contributed by atoms with Crippen LogP contribution in [0.5, 0.6) is 5.75 Å². The zero-order valence-electron chi connectivity index (χ0n) is 12.8. The lowest BCUT2D eigenvalue weighted by Gasteiger charge is -2.27. The molecule has 1 aromatic carbocycles. The minimum atomic E-state index is -0.431. The Morgan fingerprint density at radius 3 is 2.43 bits per heavy atom. The van der Waals surface area contributed by atoms with Gasteiger partial charge in [-0.25, -0.2) is 0 Å². The number of halogens is 1. The number of hydrogen-bond donors (Lipinski definition) is 2. The minimum absolute atomic E-state index is 0. The second-order valence-electron chi connectivity index (χ2n) is 5.74. The number of phenolic OH excluding ortho intramolecular Hbond substituents is 1. The summed E-state index contributed by atoms with van der Waals surface area (Å²) in [5, 5.41) is 12.5. The first-order chi connectivity index (χ1) is 9.31. The van der Waals surface area contributed by atoms with E-state index in [0.717, 1.165) is 5.56 Å². The lowest BCUT2D eigenvalue weighted by molar-refractivity contribution is -0.145. The Bertz CT molecular complexity index is 452. The van der Waals surface area contributed by atoms with Crippen molar-refractivity contribution in [2.75, 3.05) is 6.61 Å². The molecule has 4 nitrogen and oxygen atoms in total. The van der Waals surface area contributed by atoms with Gasteiger partial charge in [-0.15, -0.1) is 12.4 Å². The minimum Gasteiger partial charge on any atom is -0.508 e. The number of nitrogens with one attached hydrogen (secondary N) is 1. The highest BCUT2D eigenvalue weighted by Crippen LogP contribution is 2.13. The summed E-state index contributed by atoms with van der Waals surface area (Å²) in [7, 11) is 0. The monoisotopic (exact) mass is 313 g/mol. The van der Waals surface area contributed by atoms with Gasteiger partial charge < -0.3 is 9.84 Å². The van der Waals surface area contributed by atoms with Gasteiger partial charge in [0.15, 0.2) is 0 Å². The zero-order chi connectivity index (χ0) is 15.2. The van der Waals surface area contributed by atoms with Gasteiger partial charge in [-0.3, -0.25) is 10.1 Å². The number of rotatable bonds is 6. The number of aromatic hydroxyl groups is 1. The highest BCUT2D eigenvalue weighted by Gasteiger charge is 2.25. The van der Waals surface area contributed by atoms with Crippen LogP contribution in [0.25, 0.3) is 0 Å². The molecule has 0 aliphatic rings. The van der Waals surface area contributed by atoms with Crippen molar-refractivity contribution >= 4 is 18.4 Å². The van der Waals surface area contributed by atoms with Crippen LogP contribution >= 0.6 is 12.4 Å². The molecule has 0 amide bonds. The average Bonchev–Trinajstić information content (AvgIpc) is 2.36. The first-order valence-corrected chi connectivity index (χ1v) is 6.65. The number of esters is 1. The Hall–Kier alpha value is -1.52. The summed E-state index contributed by atoms with van der Waals surface area (Å²) in [5.74, 6) is -0.0868. The molecule has 0 radical (unpaired) electrons. The van der Waals surface area contributed by atoms with Crippen molar-refractivity contribution in [1.29, 1.82) is 0 Å². The van der Waals surface area contributed by atoms with E-state index in [9.17, 15) is 9.90 Å². The largest absolute Gasteiger partial charge is 0.508 e. The summed E-state index contributed by atoms with van der Waals surface area (Å²) < 4.78 is 5.13. The van der Waals surface area contributed by atoms with E-state index in [0.29, 0.717) is 6.42 Å². The number of hydrogen-bond acceptors (Lipinski definition) is 4. The van der Waals surface area contributed by atoms with Crippen LogP contribution in [0.3, 0.4) is 0 Å². The molecule has 1 atom stereocenters. The van der Waals surface area contributed by atoms with Crippen LogP contribution in [-0.4, -0.2) is 29.3 Å². The normalized spacial score (nSPS) is 12.1. The van der Waals surface area contributed by atoms with Crippen LogP contribution in [0.2, 0.25) is 0 Å². The molecule has 0 fully saturated rings. The molecule has 1 rings (SSSR count). The maximum absolute atomic E-state index is 12.1. The predicted molar refractivity (Wildman–Crippen MR) is 86.9 cm³/mol. The first-order valence-electron chi connectivity index (χ1n) is 6.65. The summed E-state index contributed by atoms with van der Waals surface area (Å²) in [6.07, 6.45) is 2.06. The van der Waals surface area contributed by atoms with Gasteiger partial charge in [0.05, 0.1) is 0 Å². The van der Waals surface area contributed by atoms with E-state index >= 15 is 0 Å². The molecule has 0 spiro atoms. The van der Waals surface area contributed by atoms with Gasteiger partial charge in [0, 0.05) is 5.54 Å². The molecule has 0 unspecified atom stereocenters. The van der Waals surface area contributed by atoms with E-state index in [4.69, 9.17) is 4.74 Å². The van der Waals surface area contributed by atoms with Gasteiger partial charge in [0.1, 0.15) is 18.4 Å². The fourth-order valence-corrected chi connectivity index (χ4v) is 1.83. The Kier molecular flexibility index (Phi) is 8.07. The van der Waals surface area contributed by atoms with Crippen LogP contribution in [-0.2, 0) is 16.0 Å². The molecule has 0 bridgehead atoms. The van der Waals surface area contributed by atoms with Crippen LogP contribution < -0.4 is 5.32 Å². The quantitative estimate of drug-likeness (QED) is 0.626. The maximum atomic E-state index is 12.1. The molecule has 0 aliphatic carbocycles. The van der Waals surface area contributed by atoms with Crippen LogP contribution in [0.15, 0.2) is 36.9 Å². The van der Waals surface area contributed by atoms with Crippen LogP contribution in [0.4, 0.5) is 0 Å². The highest BCUT2D eigenvalue weighted by atomic mass is 35.5. The van der Waals surface area contributed by atoms with Gasteiger partial charge in [-0.1, -0.05) is 24.8 Å². The smallest absolute Gasteiger partial charge is 0.323 e. The van der Waals surface area contributed by atoms with Crippen molar-refractivity contribution in [3.8, 4) is 5.75 Å². The van der Waals surface area contributed by atoms with E-state index in [2.05, 4.69) is 11.9 Å². The van der Waals surface area contributed by atoms with Crippen molar-refractivity contribution in [3.05, 3.63) is 42.5 Å². The second-order valence-corrected chi connectivity index (χ2v) is 5.74. The van der Waals surface area contributed by atoms with Crippen molar-refractivity contribution in [2.24, 2.45) is 0 Å². The average molecular weight is 314 g/mol. The molecule has 0 saturated heterocycles. The number of phenols is 1. The van der Waals surface area contributed by atoms with Crippen LogP contribution in [0.1, 0.15) is 26.3 Å². The zero-order valence-corrected chi connectivity index (χ0v) is 13.6. The summed E-state index contributed by atoms with van der Waals surface area (Å²) in [6, 6.07) is 6.39. The van der Waals surface area contributed by atoms with Gasteiger partial charge >= 0.3 is 5.97 Å². The molecule has 1 aromatic rings. The van der Waals surface area contributed by atoms with E-state index in [1.807, 2.05) is 20.8 Å². The standard InChI is InChI=1S/C16H23NO3.ClH/c1-5-10-20-15(19)14(17-16(2,3)4)11-12-6-8-13(18)9-7-12;/h5-9,14,17-18H,1,10-11H2,2-4H3;1H/t14-;/m0./s1. The molecule has 0 aliphatic heterocycles. The Balaban J connectivity index is 0.00000400. The van der Waals surface area contributed by atoms with E-state index in [1.165, 1.54) is 0 Å². The summed E-state index contributed by atoms with van der Waals surface area (Å²) >= 11 is 0. The molecular formula is C16H24ClNO3. The molecule has 118 valence electrons.